The van der Waals surface area contributed by atoms with E-state index < -0.39 is 0 Å². The second-order valence-electron chi connectivity index (χ2n) is 9.55. The fourth-order valence-corrected chi connectivity index (χ4v) is 3.34. The first kappa shape index (κ1) is 25.5. The van der Waals surface area contributed by atoms with Gasteiger partial charge in [-0.2, -0.15) is 0 Å². The molecule has 0 saturated heterocycles. The molecular weight excluding hydrogens is 400 g/mol. The Bertz CT molecular complexity index is 884. The van der Waals surface area contributed by atoms with Crippen molar-refractivity contribution in [2.45, 2.75) is 79.4 Å². The molecule has 0 bridgehead atoms. The molecule has 4 heteroatoms. The van der Waals surface area contributed by atoms with Gasteiger partial charge in [-0.15, -0.1) is 0 Å². The molecule has 4 nitrogen and oxygen atoms in total. The number of allylic oxidation sites excluding steroid dienone is 1. The van der Waals surface area contributed by atoms with Gasteiger partial charge >= 0.3 is 0 Å². The van der Waals surface area contributed by atoms with Crippen LogP contribution in [0.15, 0.2) is 42.5 Å². The predicted molar refractivity (Wildman–Crippen MR) is 132 cm³/mol. The van der Waals surface area contributed by atoms with E-state index in [0.717, 1.165) is 34.8 Å². The number of hydrogen-bond donors (Lipinski definition) is 0. The van der Waals surface area contributed by atoms with Gasteiger partial charge in [0.2, 0.25) is 0 Å². The van der Waals surface area contributed by atoms with Gasteiger partial charge in [-0.1, -0.05) is 33.8 Å². The third-order valence-electron chi connectivity index (χ3n) is 4.60. The van der Waals surface area contributed by atoms with E-state index in [1.807, 2.05) is 58.0 Å². The Balaban J connectivity index is 2.37. The van der Waals surface area contributed by atoms with E-state index in [4.69, 9.17) is 14.2 Å². The van der Waals surface area contributed by atoms with Crippen molar-refractivity contribution in [2.24, 2.45) is 0 Å². The molecule has 0 aliphatic heterocycles. The topological polar surface area (TPSA) is 44.8 Å². The van der Waals surface area contributed by atoms with Crippen LogP contribution in [0.25, 0.3) is 6.08 Å². The van der Waals surface area contributed by atoms with Crippen LogP contribution in [0.5, 0.6) is 17.2 Å². The van der Waals surface area contributed by atoms with Crippen LogP contribution in [0.3, 0.4) is 0 Å². The lowest BCUT2D eigenvalue weighted by atomic mass is 9.84. The Kier molecular flexibility index (Phi) is 8.94. The lowest BCUT2D eigenvalue weighted by molar-refractivity contribution is 0.104. The maximum absolute atomic E-state index is 12.7. The van der Waals surface area contributed by atoms with Crippen LogP contribution in [0.4, 0.5) is 0 Å². The molecule has 0 aliphatic carbocycles. The van der Waals surface area contributed by atoms with E-state index in [1.165, 1.54) is 0 Å². The van der Waals surface area contributed by atoms with Crippen LogP contribution >= 0.6 is 0 Å². The van der Waals surface area contributed by atoms with Crippen molar-refractivity contribution in [1.29, 1.82) is 0 Å². The summed E-state index contributed by atoms with van der Waals surface area (Å²) in [6, 6.07) is 11.2. The molecule has 0 spiro atoms. The zero-order valence-electron chi connectivity index (χ0n) is 20.8. The van der Waals surface area contributed by atoms with E-state index in [1.54, 1.807) is 18.2 Å². The Labute approximate surface area is 193 Å². The molecule has 0 aliphatic rings. The van der Waals surface area contributed by atoms with Crippen molar-refractivity contribution >= 4 is 11.9 Å². The number of carbonyl (C=O) groups excluding carboxylic acids is 1. The predicted octanol–water partition coefficient (Wildman–Crippen LogP) is 7.24. The molecule has 0 radical (unpaired) electrons. The molecule has 32 heavy (non-hydrogen) atoms. The van der Waals surface area contributed by atoms with Crippen molar-refractivity contribution in [1.82, 2.24) is 0 Å². The first-order chi connectivity index (χ1) is 15.0. The Morgan fingerprint density at radius 3 is 1.91 bits per heavy atom. The van der Waals surface area contributed by atoms with E-state index in [9.17, 15) is 4.79 Å². The second kappa shape index (κ2) is 11.2. The minimum Gasteiger partial charge on any atom is -0.494 e. The first-order valence-corrected chi connectivity index (χ1v) is 11.5. The van der Waals surface area contributed by atoms with Crippen LogP contribution in [-0.4, -0.2) is 24.6 Å². The smallest absolute Gasteiger partial charge is 0.185 e. The van der Waals surface area contributed by atoms with Gasteiger partial charge in [0, 0.05) is 11.1 Å². The summed E-state index contributed by atoms with van der Waals surface area (Å²) in [7, 11) is 0. The average Bonchev–Trinajstić information content (AvgIpc) is 2.68. The zero-order valence-corrected chi connectivity index (χ0v) is 20.8. The van der Waals surface area contributed by atoms with Crippen molar-refractivity contribution in [3.05, 3.63) is 59.2 Å². The monoisotopic (exact) mass is 438 g/mol. The largest absolute Gasteiger partial charge is 0.494 e. The van der Waals surface area contributed by atoms with Gasteiger partial charge in [0.15, 0.2) is 5.78 Å². The van der Waals surface area contributed by atoms with Crippen molar-refractivity contribution in [3.8, 4) is 17.2 Å². The Morgan fingerprint density at radius 1 is 0.938 bits per heavy atom. The second-order valence-corrected chi connectivity index (χ2v) is 9.55. The van der Waals surface area contributed by atoms with Crippen LogP contribution < -0.4 is 14.2 Å². The van der Waals surface area contributed by atoms with Gasteiger partial charge in [-0.3, -0.25) is 4.79 Å². The maximum Gasteiger partial charge on any atom is 0.185 e. The fraction of sp³-hybridized carbons (Fsp3) is 0.464. The van der Waals surface area contributed by atoms with Gasteiger partial charge in [0.25, 0.3) is 0 Å². The van der Waals surface area contributed by atoms with E-state index in [0.29, 0.717) is 12.2 Å². The minimum atomic E-state index is -0.159. The van der Waals surface area contributed by atoms with Gasteiger partial charge in [0.1, 0.15) is 17.2 Å². The van der Waals surface area contributed by atoms with Crippen LogP contribution in [0.1, 0.15) is 83.3 Å². The lowest BCUT2D eigenvalue weighted by Crippen LogP contribution is -2.19. The summed E-state index contributed by atoms with van der Waals surface area (Å²) in [6.45, 7) is 17.2. The normalized spacial score (nSPS) is 11.9. The molecule has 0 saturated carbocycles. The standard InChI is InChI=1S/C28H38O4/c1-9-16-30-23-13-11-22(12-14-23)24(29)15-10-21-17-25(31-19(2)3)27(28(6,7)8)26(18-21)32-20(4)5/h10-15,17-20H,9,16H2,1-8H3/b15-10+. The summed E-state index contributed by atoms with van der Waals surface area (Å²) in [5.74, 6) is 2.28. The average molecular weight is 439 g/mol. The lowest BCUT2D eigenvalue weighted by Gasteiger charge is -2.28. The van der Waals surface area contributed by atoms with Gasteiger partial charge < -0.3 is 14.2 Å². The SMILES string of the molecule is CCCOc1ccc(C(=O)/C=C/c2cc(OC(C)C)c(C(C)(C)C)c(OC(C)C)c2)cc1. The molecule has 0 unspecified atom stereocenters. The summed E-state index contributed by atoms with van der Waals surface area (Å²) in [5, 5.41) is 0. The van der Waals surface area contributed by atoms with Crippen molar-refractivity contribution in [3.63, 3.8) is 0 Å². The summed E-state index contributed by atoms with van der Waals surface area (Å²) < 4.78 is 17.9. The fourth-order valence-electron chi connectivity index (χ4n) is 3.34. The third kappa shape index (κ3) is 7.44. The number of benzene rings is 2. The third-order valence-corrected chi connectivity index (χ3v) is 4.60. The first-order valence-electron chi connectivity index (χ1n) is 11.5. The highest BCUT2D eigenvalue weighted by atomic mass is 16.5. The molecule has 0 atom stereocenters. The van der Waals surface area contributed by atoms with Crippen LogP contribution in [-0.2, 0) is 5.41 Å². The molecule has 0 fully saturated rings. The van der Waals surface area contributed by atoms with Gasteiger partial charge in [-0.25, -0.2) is 0 Å². The molecule has 2 aromatic carbocycles. The Morgan fingerprint density at radius 2 is 1.47 bits per heavy atom. The molecule has 2 aromatic rings. The highest BCUT2D eigenvalue weighted by Gasteiger charge is 2.26. The number of ether oxygens (including phenoxy) is 3. The van der Waals surface area contributed by atoms with E-state index in [2.05, 4.69) is 27.7 Å². The molecule has 174 valence electrons. The summed E-state index contributed by atoms with van der Waals surface area (Å²) in [6.07, 6.45) is 4.40. The highest BCUT2D eigenvalue weighted by Crippen LogP contribution is 2.41. The Hall–Kier alpha value is -2.75. The summed E-state index contributed by atoms with van der Waals surface area (Å²) in [4.78, 5) is 12.7. The minimum absolute atomic E-state index is 0.0253. The summed E-state index contributed by atoms with van der Waals surface area (Å²) in [5.41, 5.74) is 2.36. The van der Waals surface area contributed by atoms with E-state index in [-0.39, 0.29) is 23.4 Å². The van der Waals surface area contributed by atoms with Gasteiger partial charge in [-0.05, 0) is 87.6 Å². The molecule has 2 rings (SSSR count). The molecule has 0 N–H and O–H groups in total. The molecule has 0 aromatic heterocycles. The number of rotatable bonds is 10. The number of hydrogen-bond acceptors (Lipinski definition) is 4. The van der Waals surface area contributed by atoms with Gasteiger partial charge in [0.05, 0.1) is 18.8 Å². The maximum atomic E-state index is 12.7. The molecular formula is C28H38O4. The number of ketones is 1. The zero-order chi connectivity index (χ0) is 23.9. The summed E-state index contributed by atoms with van der Waals surface area (Å²) >= 11 is 0. The highest BCUT2D eigenvalue weighted by molar-refractivity contribution is 6.06. The van der Waals surface area contributed by atoms with Crippen molar-refractivity contribution < 1.29 is 19.0 Å². The molecule has 0 heterocycles. The number of carbonyl (C=O) groups is 1. The van der Waals surface area contributed by atoms with Crippen LogP contribution in [0.2, 0.25) is 0 Å². The quantitative estimate of drug-likeness (QED) is 0.290. The van der Waals surface area contributed by atoms with E-state index >= 15 is 0 Å². The van der Waals surface area contributed by atoms with Crippen molar-refractivity contribution in [2.75, 3.05) is 6.61 Å². The molecule has 0 amide bonds. The van der Waals surface area contributed by atoms with Crippen LogP contribution in [0, 0.1) is 0 Å².